The van der Waals surface area contributed by atoms with Crippen LogP contribution in [-0.4, -0.2) is 16.2 Å². The molecular formula is C20H22O3. The minimum Gasteiger partial charge on any atom is -0.508 e. The van der Waals surface area contributed by atoms with Gasteiger partial charge in [0.1, 0.15) is 5.75 Å². The molecule has 120 valence electrons. The average molecular weight is 310 g/mol. The van der Waals surface area contributed by atoms with Gasteiger partial charge in [-0.05, 0) is 58.9 Å². The molecule has 0 aromatic heterocycles. The standard InChI is InChI=1S/C20H22O3/c1-13(11-14-5-7-15(8-6-14)19(22)23)16-9-10-18(21)17(12-16)20(2,3)4/h5-12,21H,1-4H3,(H,22,23)/b13-11+. The first kappa shape index (κ1) is 16.8. The molecule has 3 nitrogen and oxygen atoms in total. The quantitative estimate of drug-likeness (QED) is 0.789. The lowest BCUT2D eigenvalue weighted by Gasteiger charge is -2.21. The molecule has 2 N–H and O–H groups in total. The first-order chi connectivity index (χ1) is 10.7. The van der Waals surface area contributed by atoms with Gasteiger partial charge in [-0.3, -0.25) is 0 Å². The van der Waals surface area contributed by atoms with Crippen molar-refractivity contribution < 1.29 is 15.0 Å². The molecule has 23 heavy (non-hydrogen) atoms. The molecule has 0 aliphatic rings. The molecule has 2 aromatic carbocycles. The molecule has 0 heterocycles. The van der Waals surface area contributed by atoms with Crippen LogP contribution in [0.15, 0.2) is 42.5 Å². The highest BCUT2D eigenvalue weighted by atomic mass is 16.4. The monoisotopic (exact) mass is 310 g/mol. The Morgan fingerprint density at radius 3 is 2.09 bits per heavy atom. The predicted octanol–water partition coefficient (Wildman–Crippen LogP) is 4.95. The van der Waals surface area contributed by atoms with Crippen molar-refractivity contribution in [3.8, 4) is 5.75 Å². The van der Waals surface area contributed by atoms with Gasteiger partial charge in [0.05, 0.1) is 5.56 Å². The number of phenols is 1. The second kappa shape index (κ2) is 6.29. The molecule has 0 radical (unpaired) electrons. The largest absolute Gasteiger partial charge is 0.508 e. The van der Waals surface area contributed by atoms with Crippen LogP contribution in [0, 0.1) is 0 Å². The van der Waals surface area contributed by atoms with E-state index in [-0.39, 0.29) is 11.0 Å². The third-order valence-corrected chi connectivity index (χ3v) is 3.80. The van der Waals surface area contributed by atoms with Crippen molar-refractivity contribution >= 4 is 17.6 Å². The van der Waals surface area contributed by atoms with Gasteiger partial charge in [0.25, 0.3) is 0 Å². The van der Waals surface area contributed by atoms with E-state index in [4.69, 9.17) is 5.11 Å². The van der Waals surface area contributed by atoms with Crippen molar-refractivity contribution in [2.24, 2.45) is 0 Å². The second-order valence-corrected chi connectivity index (χ2v) is 6.74. The highest BCUT2D eigenvalue weighted by molar-refractivity contribution is 5.88. The summed E-state index contributed by atoms with van der Waals surface area (Å²) in [6.45, 7) is 8.20. The van der Waals surface area contributed by atoms with E-state index in [2.05, 4.69) is 20.8 Å². The topological polar surface area (TPSA) is 57.5 Å². The zero-order valence-corrected chi connectivity index (χ0v) is 13.9. The fraction of sp³-hybridized carbons (Fsp3) is 0.250. The highest BCUT2D eigenvalue weighted by Gasteiger charge is 2.18. The zero-order valence-electron chi connectivity index (χ0n) is 13.9. The summed E-state index contributed by atoms with van der Waals surface area (Å²) in [5.74, 6) is -0.620. The Hall–Kier alpha value is -2.55. The molecule has 0 amide bonds. The van der Waals surface area contributed by atoms with E-state index in [0.29, 0.717) is 5.75 Å². The van der Waals surface area contributed by atoms with Crippen molar-refractivity contribution in [2.75, 3.05) is 0 Å². The number of allylic oxidation sites excluding steroid dienone is 1. The number of aromatic hydroxyl groups is 1. The van der Waals surface area contributed by atoms with Gasteiger partial charge in [0.2, 0.25) is 0 Å². The minimum absolute atomic E-state index is 0.135. The summed E-state index contributed by atoms with van der Waals surface area (Å²) < 4.78 is 0. The maximum absolute atomic E-state index is 10.9. The van der Waals surface area contributed by atoms with Gasteiger partial charge in [0.15, 0.2) is 0 Å². The van der Waals surface area contributed by atoms with Gasteiger partial charge in [-0.25, -0.2) is 4.79 Å². The maximum Gasteiger partial charge on any atom is 0.335 e. The van der Waals surface area contributed by atoms with E-state index < -0.39 is 5.97 Å². The van der Waals surface area contributed by atoms with E-state index in [9.17, 15) is 9.90 Å². The molecule has 0 bridgehead atoms. The third-order valence-electron chi connectivity index (χ3n) is 3.80. The van der Waals surface area contributed by atoms with Gasteiger partial charge in [0, 0.05) is 0 Å². The van der Waals surface area contributed by atoms with Crippen LogP contribution < -0.4 is 0 Å². The van der Waals surface area contributed by atoms with Crippen LogP contribution in [0.2, 0.25) is 0 Å². The van der Waals surface area contributed by atoms with Crippen LogP contribution in [-0.2, 0) is 5.41 Å². The minimum atomic E-state index is -0.925. The first-order valence-electron chi connectivity index (χ1n) is 7.54. The average Bonchev–Trinajstić information content (AvgIpc) is 2.47. The number of hydrogen-bond donors (Lipinski definition) is 2. The third kappa shape index (κ3) is 4.01. The van der Waals surface area contributed by atoms with Crippen molar-refractivity contribution in [1.29, 1.82) is 0 Å². The second-order valence-electron chi connectivity index (χ2n) is 6.74. The Kier molecular flexibility index (Phi) is 4.60. The Morgan fingerprint density at radius 2 is 1.57 bits per heavy atom. The van der Waals surface area contributed by atoms with Gasteiger partial charge in [-0.2, -0.15) is 0 Å². The van der Waals surface area contributed by atoms with Crippen molar-refractivity contribution in [2.45, 2.75) is 33.1 Å². The molecule has 0 fully saturated rings. The number of carboxylic acids is 1. The fourth-order valence-corrected chi connectivity index (χ4v) is 2.44. The molecule has 0 saturated carbocycles. The Labute approximate surface area is 136 Å². The predicted molar refractivity (Wildman–Crippen MR) is 93.8 cm³/mol. The lowest BCUT2D eigenvalue weighted by atomic mass is 9.84. The Bertz CT molecular complexity index is 747. The van der Waals surface area contributed by atoms with Gasteiger partial charge in [-0.1, -0.05) is 45.0 Å². The molecule has 2 aromatic rings. The van der Waals surface area contributed by atoms with E-state index in [1.54, 1.807) is 30.3 Å². The molecule has 0 atom stereocenters. The van der Waals surface area contributed by atoms with Gasteiger partial charge >= 0.3 is 5.97 Å². The van der Waals surface area contributed by atoms with Crippen LogP contribution in [0.25, 0.3) is 11.6 Å². The van der Waals surface area contributed by atoms with Crippen LogP contribution in [0.4, 0.5) is 0 Å². The highest BCUT2D eigenvalue weighted by Crippen LogP contribution is 2.33. The molecule has 0 aliphatic heterocycles. The number of rotatable bonds is 3. The molecule has 3 heteroatoms. The van der Waals surface area contributed by atoms with E-state index in [1.807, 2.05) is 25.1 Å². The van der Waals surface area contributed by atoms with Gasteiger partial charge < -0.3 is 10.2 Å². The number of carboxylic acid groups (broad SMARTS) is 1. The number of benzene rings is 2. The number of carbonyl (C=O) groups is 1. The smallest absolute Gasteiger partial charge is 0.335 e. The summed E-state index contributed by atoms with van der Waals surface area (Å²) in [4.78, 5) is 10.9. The molecule has 2 rings (SSSR count). The molecule has 0 saturated heterocycles. The summed E-state index contributed by atoms with van der Waals surface area (Å²) in [5.41, 5.74) is 4.08. The van der Waals surface area contributed by atoms with E-state index in [0.717, 1.165) is 22.3 Å². The Balaban J connectivity index is 2.36. The molecule has 0 aliphatic carbocycles. The van der Waals surface area contributed by atoms with Crippen LogP contribution in [0.3, 0.4) is 0 Å². The summed E-state index contributed by atoms with van der Waals surface area (Å²) in [5, 5.41) is 19.0. The number of aromatic carboxylic acids is 1. The van der Waals surface area contributed by atoms with E-state index in [1.165, 1.54) is 0 Å². The van der Waals surface area contributed by atoms with E-state index >= 15 is 0 Å². The summed E-state index contributed by atoms with van der Waals surface area (Å²) in [7, 11) is 0. The fourth-order valence-electron chi connectivity index (χ4n) is 2.44. The number of phenolic OH excluding ortho intramolecular Hbond substituents is 1. The molecule has 0 unspecified atom stereocenters. The maximum atomic E-state index is 10.9. The summed E-state index contributed by atoms with van der Waals surface area (Å²) >= 11 is 0. The summed E-state index contributed by atoms with van der Waals surface area (Å²) in [6, 6.07) is 12.4. The normalized spacial score (nSPS) is 12.3. The van der Waals surface area contributed by atoms with Crippen molar-refractivity contribution in [1.82, 2.24) is 0 Å². The Morgan fingerprint density at radius 1 is 1.00 bits per heavy atom. The zero-order chi connectivity index (χ0) is 17.2. The SMILES string of the molecule is C/C(=C\c1ccc(C(=O)O)cc1)c1ccc(O)c(C(C)(C)C)c1. The van der Waals surface area contributed by atoms with Crippen molar-refractivity contribution in [3.63, 3.8) is 0 Å². The van der Waals surface area contributed by atoms with Crippen LogP contribution in [0.1, 0.15) is 54.7 Å². The van der Waals surface area contributed by atoms with Crippen LogP contribution in [0.5, 0.6) is 5.75 Å². The lowest BCUT2D eigenvalue weighted by molar-refractivity contribution is 0.0697. The number of hydrogen-bond acceptors (Lipinski definition) is 2. The van der Waals surface area contributed by atoms with Crippen molar-refractivity contribution in [3.05, 3.63) is 64.7 Å². The summed E-state index contributed by atoms with van der Waals surface area (Å²) in [6.07, 6.45) is 2.00. The van der Waals surface area contributed by atoms with Crippen LogP contribution >= 0.6 is 0 Å². The molecular weight excluding hydrogens is 288 g/mol. The molecule has 0 spiro atoms. The lowest BCUT2D eigenvalue weighted by Crippen LogP contribution is -2.11. The van der Waals surface area contributed by atoms with Gasteiger partial charge in [-0.15, -0.1) is 0 Å². The first-order valence-corrected chi connectivity index (χ1v) is 7.54.